The zero-order valence-corrected chi connectivity index (χ0v) is 13.9. The van der Waals surface area contributed by atoms with Crippen LogP contribution >= 0.6 is 0 Å². The van der Waals surface area contributed by atoms with Crippen LogP contribution in [-0.4, -0.2) is 21.4 Å². The lowest BCUT2D eigenvalue weighted by molar-refractivity contribution is 0.280. The van der Waals surface area contributed by atoms with Crippen molar-refractivity contribution in [3.05, 3.63) is 58.9 Å². The molecule has 0 aliphatic heterocycles. The Morgan fingerprint density at radius 3 is 2.52 bits per heavy atom. The van der Waals surface area contributed by atoms with Crippen LogP contribution in [0.1, 0.15) is 48.7 Å². The first-order valence-electron chi connectivity index (χ1n) is 7.89. The maximum absolute atomic E-state index is 10.2. The Morgan fingerprint density at radius 1 is 1.22 bits per heavy atom. The van der Waals surface area contributed by atoms with Gasteiger partial charge in [-0.2, -0.15) is 0 Å². The first-order valence-corrected chi connectivity index (χ1v) is 7.89. The van der Waals surface area contributed by atoms with Gasteiger partial charge in [-0.25, -0.2) is 0 Å². The van der Waals surface area contributed by atoms with E-state index >= 15 is 0 Å². The zero-order chi connectivity index (χ0) is 16.8. The number of aliphatic hydroxyl groups is 1. The number of aryl methyl sites for hydroxylation is 1. The van der Waals surface area contributed by atoms with Crippen molar-refractivity contribution in [1.29, 1.82) is 0 Å². The maximum Gasteiger partial charge on any atom is 0.145 e. The second-order valence-corrected chi connectivity index (χ2v) is 6.12. The highest BCUT2D eigenvalue weighted by molar-refractivity contribution is 5.85. The van der Waals surface area contributed by atoms with E-state index in [1.165, 1.54) is 0 Å². The molecule has 0 unspecified atom stereocenters. The molecule has 0 radical (unpaired) electrons. The van der Waals surface area contributed by atoms with Gasteiger partial charge in [-0.3, -0.25) is 9.98 Å². The molecule has 0 saturated carbocycles. The predicted molar refractivity (Wildman–Crippen MR) is 92.8 cm³/mol. The van der Waals surface area contributed by atoms with E-state index < -0.39 is 0 Å². The molecule has 4 heteroatoms. The molecular formula is C19H24N2O2. The van der Waals surface area contributed by atoms with Crippen LogP contribution in [0.4, 0.5) is 0 Å². The third-order valence-corrected chi connectivity index (χ3v) is 3.79. The molecule has 0 amide bonds. The minimum Gasteiger partial charge on any atom is -0.505 e. The van der Waals surface area contributed by atoms with Crippen LogP contribution in [0, 0.1) is 12.8 Å². The van der Waals surface area contributed by atoms with Crippen LogP contribution in [0.15, 0.2) is 41.5 Å². The fourth-order valence-electron chi connectivity index (χ4n) is 2.49. The molecule has 0 bridgehead atoms. The average molecular weight is 312 g/mol. The van der Waals surface area contributed by atoms with Crippen molar-refractivity contribution in [3.63, 3.8) is 0 Å². The van der Waals surface area contributed by atoms with Crippen molar-refractivity contribution in [2.45, 2.75) is 39.8 Å². The standard InChI is InChI=1S/C19H24N2O2/c1-13(2)9-18(15-7-5-4-6-8-15)21-11-17-16(12-22)10-20-14(3)19(17)23/h4-8,10-11,13,18,22-23H,9,12H2,1-3H3/t18-/m1/s1. The lowest BCUT2D eigenvalue weighted by atomic mass is 9.97. The van der Waals surface area contributed by atoms with Gasteiger partial charge in [0, 0.05) is 23.5 Å². The lowest BCUT2D eigenvalue weighted by Gasteiger charge is -2.16. The Bertz CT molecular complexity index is 667. The number of hydrogen-bond acceptors (Lipinski definition) is 4. The quantitative estimate of drug-likeness (QED) is 0.797. The summed E-state index contributed by atoms with van der Waals surface area (Å²) in [6.07, 6.45) is 4.16. The largest absolute Gasteiger partial charge is 0.505 e. The molecule has 1 heterocycles. The summed E-state index contributed by atoms with van der Waals surface area (Å²) in [5.74, 6) is 0.583. The summed E-state index contributed by atoms with van der Waals surface area (Å²) in [6.45, 7) is 5.89. The normalized spacial score (nSPS) is 12.9. The number of hydrogen-bond donors (Lipinski definition) is 2. The van der Waals surface area contributed by atoms with E-state index in [1.807, 2.05) is 18.2 Å². The molecule has 0 fully saturated rings. The lowest BCUT2D eigenvalue weighted by Crippen LogP contribution is -2.03. The zero-order valence-electron chi connectivity index (χ0n) is 13.9. The molecule has 1 atom stereocenters. The maximum atomic E-state index is 10.2. The van der Waals surface area contributed by atoms with E-state index in [1.54, 1.807) is 19.3 Å². The van der Waals surface area contributed by atoms with E-state index in [2.05, 4.69) is 31.0 Å². The van der Waals surface area contributed by atoms with Crippen molar-refractivity contribution in [2.24, 2.45) is 10.9 Å². The van der Waals surface area contributed by atoms with Gasteiger partial charge in [0.25, 0.3) is 0 Å². The van der Waals surface area contributed by atoms with Gasteiger partial charge in [0.2, 0.25) is 0 Å². The Kier molecular flexibility index (Phi) is 5.88. The monoisotopic (exact) mass is 312 g/mol. The minimum atomic E-state index is -0.178. The van der Waals surface area contributed by atoms with Crippen LogP contribution in [0.25, 0.3) is 0 Å². The molecule has 1 aromatic carbocycles. The van der Waals surface area contributed by atoms with E-state index in [-0.39, 0.29) is 18.4 Å². The van der Waals surface area contributed by atoms with Crippen molar-refractivity contribution >= 4 is 6.21 Å². The molecule has 0 aliphatic rings. The van der Waals surface area contributed by atoms with E-state index in [9.17, 15) is 10.2 Å². The molecule has 1 aromatic heterocycles. The third-order valence-electron chi connectivity index (χ3n) is 3.79. The Balaban J connectivity index is 2.36. The summed E-state index contributed by atoms with van der Waals surface area (Å²) in [5, 5.41) is 19.7. The van der Waals surface area contributed by atoms with Gasteiger partial charge < -0.3 is 10.2 Å². The van der Waals surface area contributed by atoms with Crippen LogP contribution < -0.4 is 0 Å². The molecule has 2 N–H and O–H groups in total. The second kappa shape index (κ2) is 7.88. The van der Waals surface area contributed by atoms with Gasteiger partial charge in [0.1, 0.15) is 5.75 Å². The number of benzene rings is 1. The van der Waals surface area contributed by atoms with Crippen molar-refractivity contribution in [3.8, 4) is 5.75 Å². The second-order valence-electron chi connectivity index (χ2n) is 6.12. The van der Waals surface area contributed by atoms with Gasteiger partial charge in [-0.05, 0) is 24.8 Å². The highest BCUT2D eigenvalue weighted by Crippen LogP contribution is 2.27. The summed E-state index contributed by atoms with van der Waals surface area (Å²) in [5.41, 5.74) is 2.80. The van der Waals surface area contributed by atoms with Crippen molar-refractivity contribution in [2.75, 3.05) is 0 Å². The van der Waals surface area contributed by atoms with Gasteiger partial charge in [0.05, 0.1) is 18.3 Å². The first-order chi connectivity index (χ1) is 11.0. The summed E-state index contributed by atoms with van der Waals surface area (Å²) in [4.78, 5) is 8.76. The Morgan fingerprint density at radius 2 is 1.91 bits per heavy atom. The van der Waals surface area contributed by atoms with Crippen LogP contribution in [0.3, 0.4) is 0 Å². The van der Waals surface area contributed by atoms with E-state index in [0.717, 1.165) is 12.0 Å². The molecule has 2 aromatic rings. The van der Waals surface area contributed by atoms with E-state index in [4.69, 9.17) is 4.99 Å². The molecule has 0 saturated heterocycles. The summed E-state index contributed by atoms with van der Waals surface area (Å²) < 4.78 is 0. The average Bonchev–Trinajstić information content (AvgIpc) is 2.55. The number of aliphatic imine (C=N–C) groups is 1. The molecule has 0 aliphatic carbocycles. The molecule has 0 spiro atoms. The molecule has 4 nitrogen and oxygen atoms in total. The Labute approximate surface area is 137 Å². The summed E-state index contributed by atoms with van der Waals surface area (Å²) >= 11 is 0. The topological polar surface area (TPSA) is 65.7 Å². The van der Waals surface area contributed by atoms with Gasteiger partial charge >= 0.3 is 0 Å². The fourth-order valence-corrected chi connectivity index (χ4v) is 2.49. The summed E-state index contributed by atoms with van der Waals surface area (Å²) in [7, 11) is 0. The van der Waals surface area contributed by atoms with Crippen LogP contribution in [0.2, 0.25) is 0 Å². The minimum absolute atomic E-state index is 0.0237. The molecule has 23 heavy (non-hydrogen) atoms. The number of nitrogens with zero attached hydrogens (tertiary/aromatic N) is 2. The van der Waals surface area contributed by atoms with Gasteiger partial charge in [-0.15, -0.1) is 0 Å². The van der Waals surface area contributed by atoms with Crippen molar-refractivity contribution in [1.82, 2.24) is 4.98 Å². The van der Waals surface area contributed by atoms with Gasteiger partial charge in [-0.1, -0.05) is 44.2 Å². The predicted octanol–water partition coefficient (Wildman–Crippen LogP) is 3.79. The number of aliphatic hydroxyl groups excluding tert-OH is 1. The number of aromatic hydroxyl groups is 1. The summed E-state index contributed by atoms with van der Waals surface area (Å²) in [6, 6.07) is 10.2. The van der Waals surface area contributed by atoms with Crippen LogP contribution in [0.5, 0.6) is 5.75 Å². The number of aromatic nitrogens is 1. The van der Waals surface area contributed by atoms with Crippen LogP contribution in [-0.2, 0) is 6.61 Å². The third kappa shape index (κ3) is 4.39. The number of pyridine rings is 1. The van der Waals surface area contributed by atoms with E-state index in [0.29, 0.717) is 22.7 Å². The smallest absolute Gasteiger partial charge is 0.145 e. The van der Waals surface area contributed by atoms with Gasteiger partial charge in [0.15, 0.2) is 0 Å². The molecule has 2 rings (SSSR count). The first kappa shape index (κ1) is 17.2. The fraction of sp³-hybridized carbons (Fsp3) is 0.368. The van der Waals surface area contributed by atoms with Crippen molar-refractivity contribution < 1.29 is 10.2 Å². The number of rotatable bonds is 6. The highest BCUT2D eigenvalue weighted by Gasteiger charge is 2.13. The SMILES string of the molecule is Cc1ncc(CO)c(C=N[C@H](CC(C)C)c2ccccc2)c1O. The highest BCUT2D eigenvalue weighted by atomic mass is 16.3. The molecule has 122 valence electrons. The Hall–Kier alpha value is -2.20. The molecular weight excluding hydrogens is 288 g/mol.